The molecule has 14 heavy (non-hydrogen) atoms. The summed E-state index contributed by atoms with van der Waals surface area (Å²) in [5.74, 6) is -0.0706. The van der Waals surface area contributed by atoms with Crippen molar-refractivity contribution in [2.45, 2.75) is 18.9 Å². The van der Waals surface area contributed by atoms with Crippen LogP contribution in [0.4, 0.5) is 4.79 Å². The molecule has 1 saturated heterocycles. The van der Waals surface area contributed by atoms with Gasteiger partial charge in [0.2, 0.25) is 5.91 Å². The van der Waals surface area contributed by atoms with Gasteiger partial charge in [-0.3, -0.25) is 4.79 Å². The number of hydrogen-bond acceptors (Lipinski definition) is 3. The minimum absolute atomic E-state index is 0.0248. The predicted molar refractivity (Wildman–Crippen MR) is 49.8 cm³/mol. The zero-order valence-corrected chi connectivity index (χ0v) is 7.90. The summed E-state index contributed by atoms with van der Waals surface area (Å²) in [4.78, 5) is 23.2. The van der Waals surface area contributed by atoms with E-state index in [2.05, 4.69) is 5.32 Å². The molecule has 1 rings (SSSR count). The molecule has 0 aromatic carbocycles. The lowest BCUT2D eigenvalue weighted by atomic mass is 10.1. The SMILES string of the molecule is NCC(=O)N1CCC(NC(=O)O)CC1. The molecule has 0 aromatic heterocycles. The van der Waals surface area contributed by atoms with Crippen LogP contribution in [0.15, 0.2) is 0 Å². The molecule has 6 heteroatoms. The number of carbonyl (C=O) groups is 2. The van der Waals surface area contributed by atoms with E-state index in [9.17, 15) is 9.59 Å². The van der Waals surface area contributed by atoms with Crippen LogP contribution >= 0.6 is 0 Å². The van der Waals surface area contributed by atoms with Gasteiger partial charge < -0.3 is 21.1 Å². The van der Waals surface area contributed by atoms with Crippen molar-refractivity contribution in [2.75, 3.05) is 19.6 Å². The third-order valence-electron chi connectivity index (χ3n) is 2.35. The molecule has 1 fully saturated rings. The third kappa shape index (κ3) is 2.88. The summed E-state index contributed by atoms with van der Waals surface area (Å²) in [6.45, 7) is 1.19. The van der Waals surface area contributed by atoms with Crippen molar-refractivity contribution in [1.29, 1.82) is 0 Å². The maximum Gasteiger partial charge on any atom is 0.404 e. The molecule has 1 aliphatic heterocycles. The van der Waals surface area contributed by atoms with E-state index in [0.717, 1.165) is 0 Å². The molecule has 0 aromatic rings. The monoisotopic (exact) mass is 201 g/mol. The van der Waals surface area contributed by atoms with Crippen LogP contribution < -0.4 is 11.1 Å². The zero-order chi connectivity index (χ0) is 10.6. The Balaban J connectivity index is 2.31. The number of nitrogens with one attached hydrogen (secondary N) is 1. The second-order valence-corrected chi connectivity index (χ2v) is 3.31. The van der Waals surface area contributed by atoms with Gasteiger partial charge in [-0.05, 0) is 12.8 Å². The summed E-state index contributed by atoms with van der Waals surface area (Å²) in [6.07, 6.45) is 0.324. The van der Waals surface area contributed by atoms with Gasteiger partial charge in [0.25, 0.3) is 0 Å². The summed E-state index contributed by atoms with van der Waals surface area (Å²) in [5.41, 5.74) is 5.22. The average Bonchev–Trinajstić information content (AvgIpc) is 2.17. The fraction of sp³-hybridized carbons (Fsp3) is 0.750. The first-order valence-electron chi connectivity index (χ1n) is 4.60. The van der Waals surface area contributed by atoms with Crippen molar-refractivity contribution in [1.82, 2.24) is 10.2 Å². The quantitative estimate of drug-likeness (QED) is 0.545. The second kappa shape index (κ2) is 4.80. The Morgan fingerprint density at radius 3 is 2.43 bits per heavy atom. The molecule has 4 N–H and O–H groups in total. The van der Waals surface area contributed by atoms with Crippen molar-refractivity contribution >= 4 is 12.0 Å². The van der Waals surface area contributed by atoms with Gasteiger partial charge >= 0.3 is 6.09 Å². The first-order valence-corrected chi connectivity index (χ1v) is 4.60. The van der Waals surface area contributed by atoms with E-state index < -0.39 is 6.09 Å². The first-order chi connectivity index (χ1) is 6.63. The maximum absolute atomic E-state index is 11.2. The van der Waals surface area contributed by atoms with Crippen LogP contribution in [0.5, 0.6) is 0 Å². The Labute approximate surface area is 82.1 Å². The van der Waals surface area contributed by atoms with E-state index in [-0.39, 0.29) is 18.5 Å². The van der Waals surface area contributed by atoms with Gasteiger partial charge in [-0.1, -0.05) is 0 Å². The summed E-state index contributed by atoms with van der Waals surface area (Å²) in [7, 11) is 0. The summed E-state index contributed by atoms with van der Waals surface area (Å²) in [6, 6.07) is -0.0330. The molecule has 0 spiro atoms. The zero-order valence-electron chi connectivity index (χ0n) is 7.90. The van der Waals surface area contributed by atoms with Crippen molar-refractivity contribution in [2.24, 2.45) is 5.73 Å². The van der Waals surface area contributed by atoms with Crippen LogP contribution in [-0.4, -0.2) is 47.7 Å². The van der Waals surface area contributed by atoms with Crippen molar-refractivity contribution in [3.8, 4) is 0 Å². The average molecular weight is 201 g/mol. The van der Waals surface area contributed by atoms with Gasteiger partial charge in [0, 0.05) is 19.1 Å². The van der Waals surface area contributed by atoms with Crippen LogP contribution in [0.2, 0.25) is 0 Å². The molecule has 2 amide bonds. The number of carboxylic acid groups (broad SMARTS) is 1. The Bertz CT molecular complexity index is 224. The van der Waals surface area contributed by atoms with Gasteiger partial charge in [-0.15, -0.1) is 0 Å². The maximum atomic E-state index is 11.2. The minimum Gasteiger partial charge on any atom is -0.465 e. The number of nitrogens with zero attached hydrogens (tertiary/aromatic N) is 1. The molecular weight excluding hydrogens is 186 g/mol. The molecule has 1 heterocycles. The van der Waals surface area contributed by atoms with Gasteiger partial charge in [0.15, 0.2) is 0 Å². The highest BCUT2D eigenvalue weighted by atomic mass is 16.4. The highest BCUT2D eigenvalue weighted by Crippen LogP contribution is 2.09. The second-order valence-electron chi connectivity index (χ2n) is 3.31. The van der Waals surface area contributed by atoms with Gasteiger partial charge in [0.1, 0.15) is 0 Å². The molecule has 0 radical (unpaired) electrons. The van der Waals surface area contributed by atoms with E-state index >= 15 is 0 Å². The number of carbonyl (C=O) groups excluding carboxylic acids is 1. The molecule has 80 valence electrons. The van der Waals surface area contributed by atoms with Crippen molar-refractivity contribution < 1.29 is 14.7 Å². The lowest BCUT2D eigenvalue weighted by Gasteiger charge is -2.31. The standard InChI is InChI=1S/C8H15N3O3/c9-5-7(12)11-3-1-6(2-4-11)10-8(13)14/h6,10H,1-5,9H2,(H,13,14). The first kappa shape index (κ1) is 10.8. The highest BCUT2D eigenvalue weighted by molar-refractivity contribution is 5.78. The van der Waals surface area contributed by atoms with Crippen LogP contribution in [0.25, 0.3) is 0 Å². The van der Waals surface area contributed by atoms with E-state index in [1.807, 2.05) is 0 Å². The Kier molecular flexibility index (Phi) is 3.70. The van der Waals surface area contributed by atoms with Gasteiger partial charge in [0.05, 0.1) is 6.54 Å². The van der Waals surface area contributed by atoms with Crippen LogP contribution in [0.1, 0.15) is 12.8 Å². The molecule has 0 saturated carbocycles. The largest absolute Gasteiger partial charge is 0.465 e. The number of amides is 2. The normalized spacial score (nSPS) is 17.9. The molecule has 6 nitrogen and oxygen atoms in total. The number of rotatable bonds is 2. The fourth-order valence-electron chi connectivity index (χ4n) is 1.58. The number of nitrogens with two attached hydrogens (primary N) is 1. The van der Waals surface area contributed by atoms with Crippen LogP contribution in [0.3, 0.4) is 0 Å². The van der Waals surface area contributed by atoms with Crippen LogP contribution in [-0.2, 0) is 4.79 Å². The number of likely N-dealkylation sites (tertiary alicyclic amines) is 1. The predicted octanol–water partition coefficient (Wildman–Crippen LogP) is -0.796. The van der Waals surface area contributed by atoms with E-state index in [4.69, 9.17) is 10.8 Å². The van der Waals surface area contributed by atoms with Crippen molar-refractivity contribution in [3.63, 3.8) is 0 Å². The molecular formula is C8H15N3O3. The van der Waals surface area contributed by atoms with Crippen LogP contribution in [0, 0.1) is 0 Å². The summed E-state index contributed by atoms with van der Waals surface area (Å²) >= 11 is 0. The van der Waals surface area contributed by atoms with Gasteiger partial charge in [-0.25, -0.2) is 4.79 Å². The Morgan fingerprint density at radius 2 is 2.00 bits per heavy atom. The highest BCUT2D eigenvalue weighted by Gasteiger charge is 2.22. The third-order valence-corrected chi connectivity index (χ3v) is 2.35. The Morgan fingerprint density at radius 1 is 1.43 bits per heavy atom. The smallest absolute Gasteiger partial charge is 0.404 e. The lowest BCUT2D eigenvalue weighted by Crippen LogP contribution is -2.47. The van der Waals surface area contributed by atoms with E-state index in [1.54, 1.807) is 4.90 Å². The number of hydrogen-bond donors (Lipinski definition) is 3. The summed E-state index contributed by atoms with van der Waals surface area (Å²) in [5, 5.41) is 10.9. The summed E-state index contributed by atoms with van der Waals surface area (Å²) < 4.78 is 0. The molecule has 0 aliphatic carbocycles. The topological polar surface area (TPSA) is 95.7 Å². The van der Waals surface area contributed by atoms with E-state index in [0.29, 0.717) is 25.9 Å². The van der Waals surface area contributed by atoms with E-state index in [1.165, 1.54) is 0 Å². The number of piperidine rings is 1. The minimum atomic E-state index is -1.01. The molecule has 1 aliphatic rings. The molecule has 0 unspecified atom stereocenters. The Hall–Kier alpha value is -1.30. The molecule has 0 bridgehead atoms. The lowest BCUT2D eigenvalue weighted by molar-refractivity contribution is -0.130. The fourth-order valence-corrected chi connectivity index (χ4v) is 1.58. The van der Waals surface area contributed by atoms with Gasteiger partial charge in [-0.2, -0.15) is 0 Å². The van der Waals surface area contributed by atoms with Crippen molar-refractivity contribution in [3.05, 3.63) is 0 Å². The molecule has 0 atom stereocenters.